The topological polar surface area (TPSA) is 27.8 Å². The average molecular weight is 172 g/mol. The fourth-order valence-corrected chi connectivity index (χ4v) is 2.36. The van der Waals surface area contributed by atoms with E-state index in [4.69, 9.17) is 4.74 Å². The maximum absolute atomic E-state index is 5.27. The van der Waals surface area contributed by atoms with E-state index >= 15 is 0 Å². The lowest BCUT2D eigenvalue weighted by Crippen LogP contribution is -2.21. The van der Waals surface area contributed by atoms with Gasteiger partial charge in [0.15, 0.2) is 0 Å². The van der Waals surface area contributed by atoms with Crippen molar-refractivity contribution in [2.24, 2.45) is 0 Å². The smallest absolute Gasteiger partial charge is 0.114 e. The molecule has 0 bridgehead atoms. The summed E-state index contributed by atoms with van der Waals surface area (Å²) < 4.78 is 7.35. The second-order valence-corrected chi connectivity index (χ2v) is 4.74. The maximum atomic E-state index is 5.27. The Bertz CT molecular complexity index is 233. The third-order valence-corrected chi connectivity index (χ3v) is 3.64. The van der Waals surface area contributed by atoms with Crippen molar-refractivity contribution in [3.05, 3.63) is 11.6 Å². The number of hydrogen-bond donors (Lipinski definition) is 1. The van der Waals surface area contributed by atoms with Crippen LogP contribution < -0.4 is 5.43 Å². The summed E-state index contributed by atoms with van der Waals surface area (Å²) in [6, 6.07) is 0. The van der Waals surface area contributed by atoms with Gasteiger partial charge in [0, 0.05) is 13.2 Å². The Morgan fingerprint density at radius 3 is 3.00 bits per heavy atom. The summed E-state index contributed by atoms with van der Waals surface area (Å²) in [4.78, 5) is 0. The molecule has 0 radical (unpaired) electrons. The molecule has 1 fully saturated rings. The summed E-state index contributed by atoms with van der Waals surface area (Å²) in [7, 11) is 2.15. The molecule has 2 aliphatic rings. The minimum atomic E-state index is 0.0493. The molecular weight excluding hydrogens is 160 g/mol. The molecule has 0 aromatic rings. The fraction of sp³-hybridized carbons (Fsp3) is 0.571. The van der Waals surface area contributed by atoms with Crippen molar-refractivity contribution in [3.8, 4) is 0 Å². The molecule has 0 spiro atoms. The lowest BCUT2D eigenvalue weighted by molar-refractivity contribution is 0.390. The molecule has 2 rings (SSSR count). The Labute approximate surface area is 69.1 Å². The van der Waals surface area contributed by atoms with Crippen molar-refractivity contribution < 1.29 is 4.74 Å². The summed E-state index contributed by atoms with van der Waals surface area (Å²) in [5, 5.41) is 4.39. The molecule has 62 valence electrons. The van der Waals surface area contributed by atoms with Gasteiger partial charge >= 0.3 is 0 Å². The van der Waals surface area contributed by atoms with Crippen LogP contribution in [0.1, 0.15) is 6.92 Å². The normalized spacial score (nSPS) is 42.9. The predicted octanol–water partition coefficient (Wildman–Crippen LogP) is 0.683. The Balaban J connectivity index is 2.14. The molecule has 3 nitrogen and oxygen atoms in total. The van der Waals surface area contributed by atoms with Gasteiger partial charge < -0.3 is 10.2 Å². The van der Waals surface area contributed by atoms with Crippen LogP contribution in [0.5, 0.6) is 0 Å². The molecule has 0 amide bonds. The lowest BCUT2D eigenvalue weighted by Gasteiger charge is -2.12. The van der Waals surface area contributed by atoms with Gasteiger partial charge in [-0.25, -0.2) is 0 Å². The zero-order valence-electron chi connectivity index (χ0n) is 6.70. The van der Waals surface area contributed by atoms with Gasteiger partial charge in [0.05, 0.1) is 6.61 Å². The van der Waals surface area contributed by atoms with E-state index in [1.54, 1.807) is 0 Å². The summed E-state index contributed by atoms with van der Waals surface area (Å²) >= 11 is 0. The van der Waals surface area contributed by atoms with Gasteiger partial charge in [-0.05, 0) is 17.7 Å². The first-order chi connectivity index (χ1) is 5.20. The van der Waals surface area contributed by atoms with E-state index in [9.17, 15) is 0 Å². The average Bonchev–Trinajstić information content (AvgIpc) is 2.54. The molecule has 0 aliphatic carbocycles. The molecule has 1 saturated heterocycles. The van der Waals surface area contributed by atoms with E-state index in [0.29, 0.717) is 0 Å². The molecule has 2 heterocycles. The van der Waals surface area contributed by atoms with Crippen molar-refractivity contribution in [2.75, 3.05) is 13.7 Å². The van der Waals surface area contributed by atoms with Crippen LogP contribution in [0, 0.1) is 0 Å². The number of ether oxygens (including phenoxy) is 1. The number of hydrogen-bond acceptors (Lipinski definition) is 3. The van der Waals surface area contributed by atoms with Crippen molar-refractivity contribution in [1.82, 2.24) is 9.84 Å². The molecule has 2 aliphatic heterocycles. The fourth-order valence-electron chi connectivity index (χ4n) is 0.913. The highest BCUT2D eigenvalue weighted by molar-refractivity contribution is 8.15. The summed E-state index contributed by atoms with van der Waals surface area (Å²) in [5.74, 6) is 0. The highest BCUT2D eigenvalue weighted by atomic mass is 32.2. The highest BCUT2D eigenvalue weighted by Crippen LogP contribution is 2.31. The SMILES string of the molecule is CN1NC=CS1=CC1(C)CO1. The maximum Gasteiger partial charge on any atom is 0.114 e. The first kappa shape index (κ1) is 7.34. The van der Waals surface area contributed by atoms with Crippen LogP contribution in [0.4, 0.5) is 0 Å². The second kappa shape index (κ2) is 2.33. The van der Waals surface area contributed by atoms with Gasteiger partial charge in [-0.2, -0.15) is 4.41 Å². The largest absolute Gasteiger partial charge is 0.365 e. The van der Waals surface area contributed by atoms with Crippen LogP contribution in [-0.4, -0.2) is 29.0 Å². The van der Waals surface area contributed by atoms with E-state index in [0.717, 1.165) is 6.61 Å². The van der Waals surface area contributed by atoms with Gasteiger partial charge in [-0.3, -0.25) is 0 Å². The number of nitrogens with zero attached hydrogens (tertiary/aromatic N) is 1. The van der Waals surface area contributed by atoms with Gasteiger partial charge in [-0.15, -0.1) is 0 Å². The molecule has 0 aromatic carbocycles. The van der Waals surface area contributed by atoms with E-state index in [1.807, 2.05) is 13.2 Å². The van der Waals surface area contributed by atoms with Crippen LogP contribution in [0.15, 0.2) is 11.6 Å². The van der Waals surface area contributed by atoms with Crippen molar-refractivity contribution in [2.45, 2.75) is 12.5 Å². The van der Waals surface area contributed by atoms with Gasteiger partial charge in [0.25, 0.3) is 0 Å². The van der Waals surface area contributed by atoms with Crippen LogP contribution in [0.2, 0.25) is 0 Å². The van der Waals surface area contributed by atoms with Crippen LogP contribution in [0.3, 0.4) is 0 Å². The molecule has 4 heteroatoms. The summed E-state index contributed by atoms with van der Waals surface area (Å²) in [5.41, 5.74) is 3.15. The molecule has 2 atom stereocenters. The highest BCUT2D eigenvalue weighted by Gasteiger charge is 2.37. The molecule has 2 unspecified atom stereocenters. The lowest BCUT2D eigenvalue weighted by atomic mass is 10.3. The summed E-state index contributed by atoms with van der Waals surface area (Å²) in [6.07, 6.45) is 1.96. The number of epoxide rings is 1. The van der Waals surface area contributed by atoms with Gasteiger partial charge in [0.1, 0.15) is 5.60 Å². The van der Waals surface area contributed by atoms with Crippen molar-refractivity contribution in [3.63, 3.8) is 0 Å². The minimum absolute atomic E-state index is 0.0493. The molecule has 1 N–H and O–H groups in total. The van der Waals surface area contributed by atoms with Gasteiger partial charge in [0.2, 0.25) is 0 Å². The summed E-state index contributed by atoms with van der Waals surface area (Å²) in [6.45, 7) is 2.98. The van der Waals surface area contributed by atoms with Crippen molar-refractivity contribution in [1.29, 1.82) is 0 Å². The van der Waals surface area contributed by atoms with Crippen LogP contribution in [-0.2, 0) is 4.74 Å². The van der Waals surface area contributed by atoms with Gasteiger partial charge in [-0.1, -0.05) is 10.7 Å². The molecule has 11 heavy (non-hydrogen) atoms. The van der Waals surface area contributed by atoms with E-state index in [2.05, 4.69) is 27.5 Å². The second-order valence-electron chi connectivity index (χ2n) is 3.00. The quantitative estimate of drug-likeness (QED) is 0.465. The minimum Gasteiger partial charge on any atom is -0.365 e. The monoisotopic (exact) mass is 172 g/mol. The third-order valence-electron chi connectivity index (χ3n) is 1.75. The van der Waals surface area contributed by atoms with E-state index in [1.165, 1.54) is 0 Å². The molecule has 0 saturated carbocycles. The van der Waals surface area contributed by atoms with E-state index in [-0.39, 0.29) is 16.3 Å². The van der Waals surface area contributed by atoms with Crippen LogP contribution >= 0.6 is 10.7 Å². The Morgan fingerprint density at radius 1 is 1.82 bits per heavy atom. The zero-order valence-corrected chi connectivity index (χ0v) is 7.52. The molecular formula is C7H12N2OS. The van der Waals surface area contributed by atoms with Crippen LogP contribution in [0.25, 0.3) is 0 Å². The van der Waals surface area contributed by atoms with Crippen molar-refractivity contribution >= 4 is 16.0 Å². The Morgan fingerprint density at radius 2 is 2.55 bits per heavy atom. The number of nitrogens with one attached hydrogen (secondary N) is 1. The number of hydrazine groups is 1. The first-order valence-corrected chi connectivity index (χ1v) is 4.89. The Hall–Kier alpha value is -0.320. The Kier molecular flexibility index (Phi) is 1.56. The third kappa shape index (κ3) is 1.47. The predicted molar refractivity (Wildman–Crippen MR) is 48.1 cm³/mol. The van der Waals surface area contributed by atoms with E-state index < -0.39 is 0 Å². The molecule has 0 aromatic heterocycles. The standard InChI is InChI=1S/C7H12N2OS/c1-7(5-10-7)6-11-4-3-8-9(11)2/h3-4,6,8H,5H2,1-2H3. The zero-order chi connectivity index (χ0) is 7.90. The number of rotatable bonds is 1. The first-order valence-electron chi connectivity index (χ1n) is 3.58.